The number of fused-ring (bicyclic) bond motifs is 2. The summed E-state index contributed by atoms with van der Waals surface area (Å²) in [7, 11) is 0. The molecule has 1 atom stereocenters. The molecular weight excluding hydrogens is 324 g/mol. The summed E-state index contributed by atoms with van der Waals surface area (Å²) in [4.78, 5) is 1.13. The molecule has 0 aliphatic carbocycles. The fraction of sp³-hybridized carbons (Fsp3) is 0.0667. The number of nitrogens with one attached hydrogen (secondary N) is 1. The minimum atomic E-state index is -0.168. The van der Waals surface area contributed by atoms with Gasteiger partial charge in [-0.25, -0.2) is 5.43 Å². The maximum Gasteiger partial charge on any atom is 0.152 e. The van der Waals surface area contributed by atoms with Gasteiger partial charge in [0.15, 0.2) is 5.58 Å². The number of thiophene rings is 2. The van der Waals surface area contributed by atoms with Crippen LogP contribution in [0.3, 0.4) is 0 Å². The fourth-order valence-corrected chi connectivity index (χ4v) is 4.83. The molecule has 0 saturated carbocycles. The van der Waals surface area contributed by atoms with Crippen molar-refractivity contribution in [3.05, 3.63) is 57.4 Å². The molecule has 4 aromatic rings. The summed E-state index contributed by atoms with van der Waals surface area (Å²) in [6.45, 7) is 0. The quantitative estimate of drug-likeness (QED) is 0.413. The number of hydrogen-bond acceptors (Lipinski definition) is 5. The number of rotatable bonds is 3. The average molecular weight is 335 g/mol. The predicted octanol–water partition coefficient (Wildman–Crippen LogP) is 4.92. The number of furan rings is 1. The standard InChI is InChI=1S/C15H11ClN2OS2/c16-9-3-1-2-8-6-10(19-15(8)9)14(18-17)13-7-12-11(21-13)4-5-20-12/h1-7,14,18H,17H2. The summed E-state index contributed by atoms with van der Waals surface area (Å²) < 4.78 is 8.45. The summed E-state index contributed by atoms with van der Waals surface area (Å²) in [5, 5.41) is 3.69. The Labute approximate surface area is 133 Å². The summed E-state index contributed by atoms with van der Waals surface area (Å²) >= 11 is 9.62. The van der Waals surface area contributed by atoms with Crippen LogP contribution in [0.5, 0.6) is 0 Å². The molecule has 106 valence electrons. The Hall–Kier alpha value is -1.37. The van der Waals surface area contributed by atoms with E-state index in [1.807, 2.05) is 24.3 Å². The van der Waals surface area contributed by atoms with E-state index in [1.165, 1.54) is 9.40 Å². The van der Waals surface area contributed by atoms with E-state index in [1.54, 1.807) is 22.7 Å². The van der Waals surface area contributed by atoms with Gasteiger partial charge in [-0.3, -0.25) is 5.84 Å². The summed E-state index contributed by atoms with van der Waals surface area (Å²) in [5.41, 5.74) is 3.55. The first-order valence-corrected chi connectivity index (χ1v) is 8.44. The zero-order chi connectivity index (χ0) is 14.4. The molecule has 3 aromatic heterocycles. The molecule has 6 heteroatoms. The van der Waals surface area contributed by atoms with Crippen molar-refractivity contribution in [3.8, 4) is 0 Å². The maximum absolute atomic E-state index is 6.17. The lowest BCUT2D eigenvalue weighted by atomic mass is 10.2. The van der Waals surface area contributed by atoms with Gasteiger partial charge in [0, 0.05) is 19.7 Å². The van der Waals surface area contributed by atoms with Crippen LogP contribution < -0.4 is 11.3 Å². The molecule has 0 radical (unpaired) electrons. The first-order chi connectivity index (χ1) is 10.3. The van der Waals surface area contributed by atoms with Crippen LogP contribution in [-0.2, 0) is 0 Å². The van der Waals surface area contributed by atoms with Crippen LogP contribution in [-0.4, -0.2) is 0 Å². The second-order valence-corrected chi connectivity index (χ2v) is 7.17. The lowest BCUT2D eigenvalue weighted by Gasteiger charge is -2.10. The van der Waals surface area contributed by atoms with Gasteiger partial charge in [0.05, 0.1) is 5.02 Å². The molecule has 0 aliphatic heterocycles. The van der Waals surface area contributed by atoms with Gasteiger partial charge in [0.2, 0.25) is 0 Å². The molecule has 3 heterocycles. The lowest BCUT2D eigenvalue weighted by Crippen LogP contribution is -2.27. The van der Waals surface area contributed by atoms with Gasteiger partial charge in [0.25, 0.3) is 0 Å². The third-order valence-corrected chi connectivity index (χ3v) is 5.87. The Kier molecular flexibility index (Phi) is 3.24. The molecule has 4 rings (SSSR count). The molecule has 3 nitrogen and oxygen atoms in total. The van der Waals surface area contributed by atoms with E-state index in [0.29, 0.717) is 10.6 Å². The molecule has 0 saturated heterocycles. The van der Waals surface area contributed by atoms with E-state index >= 15 is 0 Å². The number of para-hydroxylation sites is 1. The second kappa shape index (κ2) is 5.12. The van der Waals surface area contributed by atoms with Gasteiger partial charge < -0.3 is 4.42 Å². The van der Waals surface area contributed by atoms with E-state index in [9.17, 15) is 0 Å². The molecular formula is C15H11ClN2OS2. The SMILES string of the molecule is NNC(c1cc2cccc(Cl)c2o1)c1cc2sccc2s1. The molecule has 21 heavy (non-hydrogen) atoms. The lowest BCUT2D eigenvalue weighted by molar-refractivity contribution is 0.481. The zero-order valence-electron chi connectivity index (χ0n) is 10.8. The molecule has 0 bridgehead atoms. The average Bonchev–Trinajstić information content (AvgIpc) is 3.13. The Morgan fingerprint density at radius 1 is 1.19 bits per heavy atom. The number of hydrogen-bond donors (Lipinski definition) is 2. The zero-order valence-corrected chi connectivity index (χ0v) is 13.2. The minimum absolute atomic E-state index is 0.168. The smallest absolute Gasteiger partial charge is 0.152 e. The van der Waals surface area contributed by atoms with Crippen LogP contribution >= 0.6 is 34.3 Å². The van der Waals surface area contributed by atoms with Crippen LogP contribution in [0.4, 0.5) is 0 Å². The van der Waals surface area contributed by atoms with E-state index < -0.39 is 0 Å². The normalized spacial score (nSPS) is 13.2. The first-order valence-electron chi connectivity index (χ1n) is 6.37. The number of nitrogens with two attached hydrogens (primary N) is 1. The molecule has 1 unspecified atom stereocenters. The molecule has 3 N–H and O–H groups in total. The van der Waals surface area contributed by atoms with Gasteiger partial charge >= 0.3 is 0 Å². The highest BCUT2D eigenvalue weighted by Crippen LogP contribution is 2.37. The summed E-state index contributed by atoms with van der Waals surface area (Å²) in [6.07, 6.45) is 0. The fourth-order valence-electron chi connectivity index (χ4n) is 2.42. The van der Waals surface area contributed by atoms with Gasteiger partial charge in [-0.15, -0.1) is 22.7 Å². The highest BCUT2D eigenvalue weighted by atomic mass is 35.5. The Bertz CT molecular complexity index is 896. The predicted molar refractivity (Wildman–Crippen MR) is 90.1 cm³/mol. The minimum Gasteiger partial charge on any atom is -0.457 e. The maximum atomic E-state index is 6.17. The van der Waals surface area contributed by atoms with Gasteiger partial charge in [0.1, 0.15) is 11.8 Å². The molecule has 0 amide bonds. The largest absolute Gasteiger partial charge is 0.457 e. The van der Waals surface area contributed by atoms with Crippen molar-refractivity contribution in [2.75, 3.05) is 0 Å². The Morgan fingerprint density at radius 2 is 2.10 bits per heavy atom. The molecule has 0 spiro atoms. The van der Waals surface area contributed by atoms with Gasteiger partial charge in [-0.2, -0.15) is 0 Å². The van der Waals surface area contributed by atoms with Crippen molar-refractivity contribution < 1.29 is 4.42 Å². The second-order valence-electron chi connectivity index (χ2n) is 4.70. The molecule has 1 aromatic carbocycles. The number of benzene rings is 1. The van der Waals surface area contributed by atoms with E-state index in [0.717, 1.165) is 16.0 Å². The van der Waals surface area contributed by atoms with Crippen molar-refractivity contribution in [1.82, 2.24) is 5.43 Å². The van der Waals surface area contributed by atoms with Crippen molar-refractivity contribution in [3.63, 3.8) is 0 Å². The van der Waals surface area contributed by atoms with Crippen LogP contribution in [0, 0.1) is 0 Å². The molecule has 0 fully saturated rings. The summed E-state index contributed by atoms with van der Waals surface area (Å²) in [5.74, 6) is 6.53. The van der Waals surface area contributed by atoms with E-state index in [2.05, 4.69) is 22.9 Å². The van der Waals surface area contributed by atoms with Crippen molar-refractivity contribution >= 4 is 54.6 Å². The van der Waals surface area contributed by atoms with Crippen LogP contribution in [0.25, 0.3) is 20.4 Å². The summed E-state index contributed by atoms with van der Waals surface area (Å²) in [6, 6.07) is 11.8. The number of halogens is 1. The third-order valence-electron chi connectivity index (χ3n) is 3.41. The topological polar surface area (TPSA) is 51.2 Å². The first kappa shape index (κ1) is 13.3. The highest BCUT2D eigenvalue weighted by Gasteiger charge is 2.20. The van der Waals surface area contributed by atoms with Crippen LogP contribution in [0.15, 0.2) is 46.2 Å². The molecule has 0 aliphatic rings. The Balaban J connectivity index is 1.83. The van der Waals surface area contributed by atoms with Crippen LogP contribution in [0.2, 0.25) is 5.02 Å². The Morgan fingerprint density at radius 3 is 2.86 bits per heavy atom. The monoisotopic (exact) mass is 334 g/mol. The van der Waals surface area contributed by atoms with Gasteiger partial charge in [-0.1, -0.05) is 23.7 Å². The highest BCUT2D eigenvalue weighted by molar-refractivity contribution is 7.27. The van der Waals surface area contributed by atoms with Gasteiger partial charge in [-0.05, 0) is 29.6 Å². The van der Waals surface area contributed by atoms with E-state index in [4.69, 9.17) is 21.9 Å². The third kappa shape index (κ3) is 2.18. The van der Waals surface area contributed by atoms with E-state index in [-0.39, 0.29) is 6.04 Å². The van der Waals surface area contributed by atoms with Crippen molar-refractivity contribution in [1.29, 1.82) is 0 Å². The van der Waals surface area contributed by atoms with Crippen molar-refractivity contribution in [2.24, 2.45) is 5.84 Å². The van der Waals surface area contributed by atoms with Crippen LogP contribution in [0.1, 0.15) is 16.7 Å². The number of hydrazine groups is 1. The van der Waals surface area contributed by atoms with Crippen molar-refractivity contribution in [2.45, 2.75) is 6.04 Å².